The Morgan fingerprint density at radius 1 is 1.48 bits per heavy atom. The number of hydrogen-bond donors (Lipinski definition) is 1. The number of aromatic nitrogens is 2. The lowest BCUT2D eigenvalue weighted by molar-refractivity contribution is -0.133. The molecule has 6 heteroatoms. The van der Waals surface area contributed by atoms with Crippen LogP contribution in [0.4, 0.5) is 4.39 Å². The number of likely N-dealkylation sites (tertiary alicyclic amines) is 1. The summed E-state index contributed by atoms with van der Waals surface area (Å²) in [5, 5.41) is 0. The number of nitrogens with one attached hydrogen (secondary N) is 1. The summed E-state index contributed by atoms with van der Waals surface area (Å²) in [7, 11) is 0. The number of aromatic amines is 1. The van der Waals surface area contributed by atoms with Crippen molar-refractivity contribution in [2.45, 2.75) is 26.3 Å². The highest BCUT2D eigenvalue weighted by molar-refractivity contribution is 5.80. The number of nitrogens with zero attached hydrogens (tertiary/aromatic N) is 2. The Morgan fingerprint density at radius 2 is 2.29 bits per heavy atom. The van der Waals surface area contributed by atoms with Gasteiger partial charge in [0.1, 0.15) is 12.4 Å². The molecule has 112 valence electrons. The Morgan fingerprint density at radius 3 is 3.05 bits per heavy atom. The lowest BCUT2D eigenvalue weighted by atomic mass is 10.0. The molecule has 1 N–H and O–H groups in total. The van der Waals surface area contributed by atoms with E-state index < -0.39 is 5.82 Å². The lowest BCUT2D eigenvalue weighted by Gasteiger charge is -2.31. The van der Waals surface area contributed by atoms with Gasteiger partial charge in [-0.3, -0.25) is 9.36 Å². The molecular weight excluding hydrogens is 273 g/mol. The van der Waals surface area contributed by atoms with Crippen molar-refractivity contribution in [3.05, 3.63) is 34.5 Å². The van der Waals surface area contributed by atoms with E-state index in [0.29, 0.717) is 17.0 Å². The zero-order valence-corrected chi connectivity index (χ0v) is 11.9. The first-order valence-corrected chi connectivity index (χ1v) is 7.20. The number of halogens is 1. The van der Waals surface area contributed by atoms with Gasteiger partial charge in [-0.15, -0.1) is 0 Å². The van der Waals surface area contributed by atoms with E-state index in [2.05, 4.69) is 11.9 Å². The summed E-state index contributed by atoms with van der Waals surface area (Å²) < 4.78 is 14.5. The first-order valence-electron chi connectivity index (χ1n) is 7.20. The highest BCUT2D eigenvalue weighted by Gasteiger charge is 2.22. The van der Waals surface area contributed by atoms with Crippen LogP contribution in [0.15, 0.2) is 23.0 Å². The van der Waals surface area contributed by atoms with E-state index in [1.807, 2.05) is 4.90 Å². The summed E-state index contributed by atoms with van der Waals surface area (Å²) in [4.78, 5) is 28.7. The van der Waals surface area contributed by atoms with Crippen molar-refractivity contribution in [1.29, 1.82) is 0 Å². The van der Waals surface area contributed by atoms with E-state index >= 15 is 0 Å². The number of carbonyl (C=O) groups is 1. The van der Waals surface area contributed by atoms with Gasteiger partial charge in [-0.2, -0.15) is 0 Å². The molecular formula is C15H18FN3O2. The minimum absolute atomic E-state index is 0.00279. The topological polar surface area (TPSA) is 58.1 Å². The molecule has 5 nitrogen and oxygen atoms in total. The maximum Gasteiger partial charge on any atom is 0.326 e. The lowest BCUT2D eigenvalue weighted by Crippen LogP contribution is -2.41. The Kier molecular flexibility index (Phi) is 3.53. The average Bonchev–Trinajstić information content (AvgIpc) is 2.74. The molecule has 1 unspecified atom stereocenters. The summed E-state index contributed by atoms with van der Waals surface area (Å²) in [5.74, 6) is 0.0254. The van der Waals surface area contributed by atoms with Crippen LogP contribution in [-0.2, 0) is 11.3 Å². The maximum atomic E-state index is 13.2. The Labute approximate surface area is 121 Å². The third kappa shape index (κ3) is 2.70. The third-order valence-electron chi connectivity index (χ3n) is 4.04. The first kappa shape index (κ1) is 13.9. The molecule has 1 fully saturated rings. The van der Waals surface area contributed by atoms with Gasteiger partial charge in [0, 0.05) is 13.1 Å². The average molecular weight is 291 g/mol. The molecule has 3 rings (SSSR count). The van der Waals surface area contributed by atoms with Crippen molar-refractivity contribution < 1.29 is 9.18 Å². The number of H-pyrrole nitrogens is 1. The van der Waals surface area contributed by atoms with Crippen molar-refractivity contribution >= 4 is 16.9 Å². The number of amides is 1. The minimum atomic E-state index is -0.410. The summed E-state index contributed by atoms with van der Waals surface area (Å²) in [6, 6.07) is 4.08. The number of rotatable bonds is 2. The molecule has 0 radical (unpaired) electrons. The molecule has 1 aromatic heterocycles. The van der Waals surface area contributed by atoms with Crippen molar-refractivity contribution in [2.24, 2.45) is 5.92 Å². The van der Waals surface area contributed by atoms with E-state index in [1.165, 1.54) is 22.8 Å². The van der Waals surface area contributed by atoms with Crippen LogP contribution in [0.25, 0.3) is 11.0 Å². The Balaban J connectivity index is 1.86. The molecule has 0 spiro atoms. The third-order valence-corrected chi connectivity index (χ3v) is 4.04. The quantitative estimate of drug-likeness (QED) is 0.916. The van der Waals surface area contributed by atoms with Gasteiger partial charge >= 0.3 is 5.69 Å². The maximum absolute atomic E-state index is 13.2. The fraction of sp³-hybridized carbons (Fsp3) is 0.467. The fourth-order valence-electron chi connectivity index (χ4n) is 2.94. The number of fused-ring (bicyclic) bond motifs is 1. The van der Waals surface area contributed by atoms with E-state index in [-0.39, 0.29) is 18.1 Å². The molecule has 2 aromatic rings. The van der Waals surface area contributed by atoms with Gasteiger partial charge in [0.2, 0.25) is 5.91 Å². The number of piperidine rings is 1. The molecule has 2 heterocycles. The minimum Gasteiger partial charge on any atom is -0.341 e. The van der Waals surface area contributed by atoms with Crippen molar-refractivity contribution in [1.82, 2.24) is 14.5 Å². The van der Waals surface area contributed by atoms with Crippen LogP contribution in [-0.4, -0.2) is 33.4 Å². The van der Waals surface area contributed by atoms with Crippen molar-refractivity contribution in [2.75, 3.05) is 13.1 Å². The second kappa shape index (κ2) is 5.35. The van der Waals surface area contributed by atoms with Gasteiger partial charge in [0.25, 0.3) is 0 Å². The van der Waals surface area contributed by atoms with Crippen LogP contribution in [0.3, 0.4) is 0 Å². The summed E-state index contributed by atoms with van der Waals surface area (Å²) in [6.07, 6.45) is 2.14. The SMILES string of the molecule is CC1CCCN(C(=O)Cn2c(=O)[nH]c3cc(F)ccc32)C1. The summed E-state index contributed by atoms with van der Waals surface area (Å²) >= 11 is 0. The van der Waals surface area contributed by atoms with Crippen molar-refractivity contribution in [3.8, 4) is 0 Å². The Hall–Kier alpha value is -2.11. The van der Waals surface area contributed by atoms with Crippen LogP contribution < -0.4 is 5.69 Å². The van der Waals surface area contributed by atoms with Gasteiger partial charge in [0.05, 0.1) is 11.0 Å². The molecule has 1 aliphatic heterocycles. The molecule has 1 amide bonds. The van der Waals surface area contributed by atoms with Crippen LogP contribution in [0.5, 0.6) is 0 Å². The first-order chi connectivity index (χ1) is 10.0. The molecule has 1 atom stereocenters. The number of carbonyl (C=O) groups excluding carboxylic acids is 1. The predicted octanol–water partition coefficient (Wildman–Crippen LogP) is 1.73. The van der Waals surface area contributed by atoms with Gasteiger partial charge in [-0.1, -0.05) is 6.92 Å². The zero-order valence-electron chi connectivity index (χ0n) is 11.9. The number of hydrogen-bond acceptors (Lipinski definition) is 2. The van der Waals surface area contributed by atoms with Gasteiger partial charge in [0.15, 0.2) is 0 Å². The van der Waals surface area contributed by atoms with E-state index in [9.17, 15) is 14.0 Å². The monoisotopic (exact) mass is 291 g/mol. The second-order valence-electron chi connectivity index (χ2n) is 5.76. The molecule has 21 heavy (non-hydrogen) atoms. The van der Waals surface area contributed by atoms with E-state index in [4.69, 9.17) is 0 Å². The normalized spacial score (nSPS) is 19.1. The second-order valence-corrected chi connectivity index (χ2v) is 5.76. The Bertz CT molecular complexity index is 734. The van der Waals surface area contributed by atoms with Crippen LogP contribution in [0.1, 0.15) is 19.8 Å². The highest BCUT2D eigenvalue weighted by atomic mass is 19.1. The van der Waals surface area contributed by atoms with Crippen LogP contribution in [0.2, 0.25) is 0 Å². The van der Waals surface area contributed by atoms with E-state index in [0.717, 1.165) is 25.9 Å². The fourth-order valence-corrected chi connectivity index (χ4v) is 2.94. The van der Waals surface area contributed by atoms with Gasteiger partial charge in [-0.05, 0) is 37.0 Å². The van der Waals surface area contributed by atoms with Gasteiger partial charge in [-0.25, -0.2) is 9.18 Å². The molecule has 1 saturated heterocycles. The summed E-state index contributed by atoms with van der Waals surface area (Å²) in [5.41, 5.74) is 0.591. The standard InChI is InChI=1S/C15H18FN3O2/c1-10-3-2-6-18(8-10)14(20)9-19-13-5-4-11(16)7-12(13)17-15(19)21/h4-5,7,10H,2-3,6,8-9H2,1H3,(H,17,21). The van der Waals surface area contributed by atoms with E-state index in [1.54, 1.807) is 0 Å². The summed E-state index contributed by atoms with van der Waals surface area (Å²) in [6.45, 7) is 3.61. The zero-order chi connectivity index (χ0) is 15.0. The molecule has 1 aliphatic rings. The number of benzene rings is 1. The molecule has 0 bridgehead atoms. The molecule has 0 aliphatic carbocycles. The van der Waals surface area contributed by atoms with Crippen LogP contribution >= 0.6 is 0 Å². The molecule has 0 saturated carbocycles. The predicted molar refractivity (Wildman–Crippen MR) is 77.5 cm³/mol. The highest BCUT2D eigenvalue weighted by Crippen LogP contribution is 2.17. The largest absolute Gasteiger partial charge is 0.341 e. The smallest absolute Gasteiger partial charge is 0.326 e. The van der Waals surface area contributed by atoms with Crippen molar-refractivity contribution in [3.63, 3.8) is 0 Å². The molecule has 1 aromatic carbocycles. The van der Waals surface area contributed by atoms with Crippen LogP contribution in [0, 0.1) is 11.7 Å². The number of imidazole rings is 1. The van der Waals surface area contributed by atoms with Gasteiger partial charge < -0.3 is 9.88 Å².